The molecule has 0 amide bonds. The molecule has 1 aliphatic heterocycles. The molecular weight excluding hydrogens is 226 g/mol. The van der Waals surface area contributed by atoms with Gasteiger partial charge in [-0.05, 0) is 31.3 Å². The van der Waals surface area contributed by atoms with Crippen LogP contribution in [0.15, 0.2) is 11.4 Å². The third-order valence-electron chi connectivity index (χ3n) is 2.78. The molecular formula is C11H15NO3S. The van der Waals surface area contributed by atoms with Gasteiger partial charge < -0.3 is 14.7 Å². The first-order valence-corrected chi connectivity index (χ1v) is 6.21. The van der Waals surface area contributed by atoms with Crippen LogP contribution in [0.1, 0.15) is 22.5 Å². The highest BCUT2D eigenvalue weighted by atomic mass is 32.1. The summed E-state index contributed by atoms with van der Waals surface area (Å²) >= 11 is 1.21. The highest BCUT2D eigenvalue weighted by Crippen LogP contribution is 2.27. The molecule has 1 aromatic rings. The average molecular weight is 241 g/mol. The zero-order valence-corrected chi connectivity index (χ0v) is 10.00. The summed E-state index contributed by atoms with van der Waals surface area (Å²) < 4.78 is 5.74. The zero-order valence-electron chi connectivity index (χ0n) is 9.18. The maximum atomic E-state index is 10.9. The molecule has 5 heteroatoms. The number of thiophene rings is 1. The summed E-state index contributed by atoms with van der Waals surface area (Å²) in [7, 11) is 2.09. The molecule has 1 fully saturated rings. The van der Waals surface area contributed by atoms with Crippen LogP contribution in [0, 0.1) is 0 Å². The summed E-state index contributed by atoms with van der Waals surface area (Å²) in [4.78, 5) is 13.5. The molecule has 0 aliphatic carbocycles. The predicted molar refractivity (Wildman–Crippen MR) is 62.4 cm³/mol. The van der Waals surface area contributed by atoms with Gasteiger partial charge in [0.05, 0.1) is 0 Å². The smallest absolute Gasteiger partial charge is 0.349 e. The zero-order chi connectivity index (χ0) is 11.5. The maximum absolute atomic E-state index is 10.9. The molecule has 0 bridgehead atoms. The van der Waals surface area contributed by atoms with E-state index in [-0.39, 0.29) is 6.10 Å². The van der Waals surface area contributed by atoms with Crippen molar-refractivity contribution >= 4 is 17.3 Å². The first-order valence-electron chi connectivity index (χ1n) is 5.33. The van der Waals surface area contributed by atoms with Crippen molar-refractivity contribution in [3.63, 3.8) is 0 Å². The third-order valence-corrected chi connectivity index (χ3v) is 3.67. The molecule has 1 N–H and O–H groups in total. The number of aromatic carboxylic acids is 1. The Morgan fingerprint density at radius 1 is 1.56 bits per heavy atom. The molecule has 4 nitrogen and oxygen atoms in total. The summed E-state index contributed by atoms with van der Waals surface area (Å²) in [6.07, 6.45) is 2.08. The summed E-state index contributed by atoms with van der Waals surface area (Å²) in [5.74, 6) is -0.384. The lowest BCUT2D eigenvalue weighted by molar-refractivity contribution is 0.0688. The summed E-state index contributed by atoms with van der Waals surface area (Å²) in [5, 5.41) is 10.7. The van der Waals surface area contributed by atoms with Gasteiger partial charge in [-0.15, -0.1) is 11.3 Å². The van der Waals surface area contributed by atoms with Gasteiger partial charge in [0, 0.05) is 13.1 Å². The fourth-order valence-electron chi connectivity index (χ4n) is 1.83. The Morgan fingerprint density at radius 2 is 2.25 bits per heavy atom. The van der Waals surface area contributed by atoms with Gasteiger partial charge in [0.2, 0.25) is 0 Å². The van der Waals surface area contributed by atoms with Crippen LogP contribution < -0.4 is 4.74 Å². The van der Waals surface area contributed by atoms with Crippen molar-refractivity contribution in [3.05, 3.63) is 16.3 Å². The molecule has 16 heavy (non-hydrogen) atoms. The Morgan fingerprint density at radius 3 is 2.88 bits per heavy atom. The molecule has 0 unspecified atom stereocenters. The Kier molecular flexibility index (Phi) is 3.46. The van der Waals surface area contributed by atoms with E-state index in [2.05, 4.69) is 11.9 Å². The number of carbonyl (C=O) groups is 1. The molecule has 1 aromatic heterocycles. The number of carboxylic acid groups (broad SMARTS) is 1. The molecule has 0 radical (unpaired) electrons. The van der Waals surface area contributed by atoms with Crippen LogP contribution in [0.25, 0.3) is 0 Å². The molecule has 2 rings (SSSR count). The normalized spacial score (nSPS) is 18.6. The highest BCUT2D eigenvalue weighted by Gasteiger charge is 2.21. The summed E-state index contributed by atoms with van der Waals surface area (Å²) in [6, 6.07) is 1.74. The number of piperidine rings is 1. The van der Waals surface area contributed by atoms with Crippen molar-refractivity contribution in [2.24, 2.45) is 0 Å². The summed E-state index contributed by atoms with van der Waals surface area (Å²) in [6.45, 7) is 2.02. The predicted octanol–water partition coefficient (Wildman–Crippen LogP) is 1.92. The molecule has 88 valence electrons. The largest absolute Gasteiger partial charge is 0.489 e. The van der Waals surface area contributed by atoms with Crippen LogP contribution in [-0.2, 0) is 0 Å². The van der Waals surface area contributed by atoms with Crippen LogP contribution >= 0.6 is 11.3 Å². The lowest BCUT2D eigenvalue weighted by atomic mass is 10.1. The van der Waals surface area contributed by atoms with Crippen LogP contribution in [-0.4, -0.2) is 42.2 Å². The number of nitrogens with zero attached hydrogens (tertiary/aromatic N) is 1. The van der Waals surface area contributed by atoms with E-state index >= 15 is 0 Å². The van der Waals surface area contributed by atoms with Crippen LogP contribution in [0.4, 0.5) is 0 Å². The Balaban J connectivity index is 1.98. The van der Waals surface area contributed by atoms with Gasteiger partial charge in [-0.3, -0.25) is 0 Å². The van der Waals surface area contributed by atoms with Crippen LogP contribution in [0.3, 0.4) is 0 Å². The van der Waals surface area contributed by atoms with E-state index in [1.165, 1.54) is 11.3 Å². The van der Waals surface area contributed by atoms with Gasteiger partial charge in [0.1, 0.15) is 11.9 Å². The van der Waals surface area contributed by atoms with Crippen molar-refractivity contribution in [1.29, 1.82) is 0 Å². The van der Waals surface area contributed by atoms with Crippen molar-refractivity contribution < 1.29 is 14.6 Å². The Bertz CT molecular complexity index is 369. The molecule has 1 aliphatic rings. The molecule has 0 saturated carbocycles. The number of likely N-dealkylation sites (tertiary alicyclic amines) is 1. The molecule has 0 aromatic carbocycles. The average Bonchev–Trinajstić information content (AvgIpc) is 2.69. The Hall–Kier alpha value is -1.07. The van der Waals surface area contributed by atoms with Gasteiger partial charge >= 0.3 is 5.97 Å². The minimum atomic E-state index is -0.905. The van der Waals surface area contributed by atoms with Crippen LogP contribution in [0.2, 0.25) is 0 Å². The SMILES string of the molecule is CN1CCC(Oc2ccsc2C(=O)O)CC1. The lowest BCUT2D eigenvalue weighted by Gasteiger charge is -2.29. The van der Waals surface area contributed by atoms with E-state index in [1.807, 2.05) is 0 Å². The molecule has 0 spiro atoms. The van der Waals surface area contributed by atoms with Gasteiger partial charge in [0.25, 0.3) is 0 Å². The van der Waals surface area contributed by atoms with E-state index in [4.69, 9.17) is 9.84 Å². The van der Waals surface area contributed by atoms with E-state index < -0.39 is 5.97 Å². The number of carboxylic acids is 1. The standard InChI is InChI=1S/C11H15NO3S/c1-12-5-2-8(3-6-12)15-9-4-7-16-10(9)11(13)14/h4,7-8H,2-3,5-6H2,1H3,(H,13,14). The van der Waals surface area contributed by atoms with E-state index in [0.29, 0.717) is 10.6 Å². The van der Waals surface area contributed by atoms with Gasteiger partial charge in [-0.2, -0.15) is 0 Å². The number of rotatable bonds is 3. The monoisotopic (exact) mass is 241 g/mol. The molecule has 2 heterocycles. The van der Waals surface area contributed by atoms with Gasteiger partial charge in [-0.25, -0.2) is 4.79 Å². The van der Waals surface area contributed by atoms with Gasteiger partial charge in [0.15, 0.2) is 4.88 Å². The number of hydrogen-bond acceptors (Lipinski definition) is 4. The fourth-order valence-corrected chi connectivity index (χ4v) is 2.49. The van der Waals surface area contributed by atoms with E-state index in [9.17, 15) is 4.79 Å². The second-order valence-electron chi connectivity index (χ2n) is 4.04. The fraction of sp³-hybridized carbons (Fsp3) is 0.545. The summed E-state index contributed by atoms with van der Waals surface area (Å²) in [5.41, 5.74) is 0. The first kappa shape index (κ1) is 11.4. The number of ether oxygens (including phenoxy) is 1. The van der Waals surface area contributed by atoms with Gasteiger partial charge in [-0.1, -0.05) is 0 Å². The van der Waals surface area contributed by atoms with Crippen molar-refractivity contribution in [3.8, 4) is 5.75 Å². The molecule has 1 saturated heterocycles. The number of hydrogen-bond donors (Lipinski definition) is 1. The minimum absolute atomic E-state index is 0.156. The maximum Gasteiger partial charge on any atom is 0.349 e. The first-order chi connectivity index (χ1) is 7.66. The van der Waals surface area contributed by atoms with Crippen LogP contribution in [0.5, 0.6) is 5.75 Å². The minimum Gasteiger partial charge on any atom is -0.489 e. The second-order valence-corrected chi connectivity index (χ2v) is 4.96. The lowest BCUT2D eigenvalue weighted by Crippen LogP contribution is -2.35. The van der Waals surface area contributed by atoms with Crippen molar-refractivity contribution in [2.75, 3.05) is 20.1 Å². The highest BCUT2D eigenvalue weighted by molar-refractivity contribution is 7.12. The van der Waals surface area contributed by atoms with Crippen molar-refractivity contribution in [2.45, 2.75) is 18.9 Å². The third kappa shape index (κ3) is 2.54. The second kappa shape index (κ2) is 4.84. The van der Waals surface area contributed by atoms with E-state index in [0.717, 1.165) is 25.9 Å². The Labute approximate surface area is 98.4 Å². The van der Waals surface area contributed by atoms with E-state index in [1.54, 1.807) is 11.4 Å². The quantitative estimate of drug-likeness (QED) is 0.878. The van der Waals surface area contributed by atoms with Crippen molar-refractivity contribution in [1.82, 2.24) is 4.90 Å². The topological polar surface area (TPSA) is 49.8 Å². The molecule has 0 atom stereocenters.